The summed E-state index contributed by atoms with van der Waals surface area (Å²) >= 11 is 0. The third-order valence-electron chi connectivity index (χ3n) is 2.05. The summed E-state index contributed by atoms with van der Waals surface area (Å²) in [5.74, 6) is 0. The lowest BCUT2D eigenvalue weighted by molar-refractivity contribution is 0.375. The first kappa shape index (κ1) is 7.76. The van der Waals surface area contributed by atoms with Crippen LogP contribution in [0, 0.1) is 0 Å². The number of hydrogen-bond donors (Lipinski definition) is 2. The minimum absolute atomic E-state index is 0.337. The van der Waals surface area contributed by atoms with Crippen molar-refractivity contribution in [2.24, 2.45) is 0 Å². The third kappa shape index (κ3) is 1.58. The Morgan fingerprint density at radius 2 is 2.40 bits per heavy atom. The second-order valence-electron chi connectivity index (χ2n) is 2.99. The van der Waals surface area contributed by atoms with Gasteiger partial charge in [0.1, 0.15) is 0 Å². The van der Waals surface area contributed by atoms with Crippen molar-refractivity contribution >= 4 is 0 Å². The highest BCUT2D eigenvalue weighted by Crippen LogP contribution is 2.14. The third-order valence-corrected chi connectivity index (χ3v) is 2.05. The highest BCUT2D eigenvalue weighted by Gasteiger charge is 2.18. The van der Waals surface area contributed by atoms with Crippen molar-refractivity contribution in [1.82, 2.24) is 10.6 Å². The van der Waals surface area contributed by atoms with Gasteiger partial charge in [-0.2, -0.15) is 0 Å². The number of rotatable bonds is 1. The van der Waals surface area contributed by atoms with Crippen molar-refractivity contribution in [2.45, 2.75) is 32.0 Å². The van der Waals surface area contributed by atoms with Crippen LogP contribution in [0.25, 0.3) is 0 Å². The Morgan fingerprint density at radius 3 is 2.90 bits per heavy atom. The van der Waals surface area contributed by atoms with Gasteiger partial charge in [0, 0.05) is 6.04 Å². The van der Waals surface area contributed by atoms with Gasteiger partial charge in [0.25, 0.3) is 0 Å². The van der Waals surface area contributed by atoms with E-state index in [2.05, 4.69) is 24.1 Å². The maximum absolute atomic E-state index is 3.98. The van der Waals surface area contributed by atoms with Crippen LogP contribution in [0.1, 0.15) is 19.8 Å². The first-order valence-corrected chi connectivity index (χ1v) is 3.85. The van der Waals surface area contributed by atoms with E-state index in [9.17, 15) is 0 Å². The van der Waals surface area contributed by atoms with E-state index in [0.717, 1.165) is 6.42 Å². The molecule has 2 atom stereocenters. The van der Waals surface area contributed by atoms with Crippen molar-refractivity contribution < 1.29 is 0 Å². The van der Waals surface area contributed by atoms with Gasteiger partial charge < -0.3 is 5.32 Å². The van der Waals surface area contributed by atoms with E-state index in [1.54, 1.807) is 0 Å². The Hall–Kier alpha value is -0.340. The number of hydrogen-bond acceptors (Lipinski definition) is 2. The predicted molar refractivity (Wildman–Crippen MR) is 43.8 cm³/mol. The van der Waals surface area contributed by atoms with E-state index in [1.165, 1.54) is 12.0 Å². The molecule has 2 heteroatoms. The fourth-order valence-electron chi connectivity index (χ4n) is 1.32. The predicted octanol–water partition coefficient (Wildman–Crippen LogP) is 0.860. The summed E-state index contributed by atoms with van der Waals surface area (Å²) in [7, 11) is 1.96. The average Bonchev–Trinajstić information content (AvgIpc) is 1.94. The fourth-order valence-corrected chi connectivity index (χ4v) is 1.32. The first-order valence-electron chi connectivity index (χ1n) is 3.85. The Balaban J connectivity index is 2.45. The van der Waals surface area contributed by atoms with Gasteiger partial charge in [0.2, 0.25) is 0 Å². The minimum atomic E-state index is 0.337. The van der Waals surface area contributed by atoms with Gasteiger partial charge in [0.15, 0.2) is 0 Å². The van der Waals surface area contributed by atoms with Crippen LogP contribution >= 0.6 is 0 Å². The molecule has 0 bridgehead atoms. The number of nitrogens with one attached hydrogen (secondary N) is 2. The molecule has 10 heavy (non-hydrogen) atoms. The Morgan fingerprint density at radius 1 is 1.70 bits per heavy atom. The van der Waals surface area contributed by atoms with Crippen molar-refractivity contribution in [3.05, 3.63) is 12.2 Å². The number of likely N-dealkylation sites (N-methyl/N-ethyl adjacent to an activating group) is 1. The van der Waals surface area contributed by atoms with Gasteiger partial charge >= 0.3 is 0 Å². The normalized spacial score (nSPS) is 34.4. The smallest absolute Gasteiger partial charge is 0.0791 e. The molecule has 0 aromatic carbocycles. The molecule has 0 radical (unpaired) electrons. The monoisotopic (exact) mass is 140 g/mol. The molecule has 0 spiro atoms. The summed E-state index contributed by atoms with van der Waals surface area (Å²) in [5, 5.41) is 6.58. The van der Waals surface area contributed by atoms with E-state index in [1.807, 2.05) is 7.05 Å². The van der Waals surface area contributed by atoms with Crippen LogP contribution < -0.4 is 10.6 Å². The van der Waals surface area contributed by atoms with Crippen molar-refractivity contribution in [3.8, 4) is 0 Å². The Bertz CT molecular complexity index is 131. The minimum Gasteiger partial charge on any atom is -0.301 e. The van der Waals surface area contributed by atoms with Crippen LogP contribution in [0.5, 0.6) is 0 Å². The molecule has 2 N–H and O–H groups in total. The van der Waals surface area contributed by atoms with Gasteiger partial charge in [-0.05, 0) is 32.4 Å². The van der Waals surface area contributed by atoms with E-state index >= 15 is 0 Å². The highest BCUT2D eigenvalue weighted by atomic mass is 15.1. The van der Waals surface area contributed by atoms with E-state index in [4.69, 9.17) is 0 Å². The molecule has 1 rings (SSSR count). The molecule has 0 aromatic heterocycles. The lowest BCUT2D eigenvalue weighted by Gasteiger charge is -2.30. The van der Waals surface area contributed by atoms with Crippen LogP contribution in [0.2, 0.25) is 0 Å². The van der Waals surface area contributed by atoms with E-state index < -0.39 is 0 Å². The molecular formula is C8H16N2. The molecule has 2 nitrogen and oxygen atoms in total. The van der Waals surface area contributed by atoms with Gasteiger partial charge in [-0.25, -0.2) is 0 Å². The second kappa shape index (κ2) is 3.17. The molecule has 1 aliphatic heterocycles. The molecule has 0 aliphatic carbocycles. The van der Waals surface area contributed by atoms with Crippen molar-refractivity contribution in [1.29, 1.82) is 0 Å². The molecule has 2 unspecified atom stereocenters. The largest absolute Gasteiger partial charge is 0.301 e. The summed E-state index contributed by atoms with van der Waals surface area (Å²) in [5.41, 5.74) is 1.28. The molecular weight excluding hydrogens is 124 g/mol. The van der Waals surface area contributed by atoms with Gasteiger partial charge in [-0.15, -0.1) is 0 Å². The molecule has 0 amide bonds. The van der Waals surface area contributed by atoms with Crippen LogP contribution in [0.4, 0.5) is 0 Å². The van der Waals surface area contributed by atoms with E-state index in [-0.39, 0.29) is 0 Å². The molecule has 0 saturated carbocycles. The van der Waals surface area contributed by atoms with Gasteiger partial charge in [-0.1, -0.05) is 6.58 Å². The van der Waals surface area contributed by atoms with Crippen LogP contribution in [-0.4, -0.2) is 19.3 Å². The summed E-state index contributed by atoms with van der Waals surface area (Å²) in [6.45, 7) is 6.18. The fraction of sp³-hybridized carbons (Fsp3) is 0.750. The quantitative estimate of drug-likeness (QED) is 0.528. The zero-order chi connectivity index (χ0) is 7.56. The van der Waals surface area contributed by atoms with Crippen LogP contribution in [-0.2, 0) is 0 Å². The maximum Gasteiger partial charge on any atom is 0.0791 e. The Kier molecular flexibility index (Phi) is 2.46. The SMILES string of the molecule is C=C1CCC(C)NC1NC. The first-order chi connectivity index (χ1) is 4.74. The summed E-state index contributed by atoms with van der Waals surface area (Å²) < 4.78 is 0. The lowest BCUT2D eigenvalue weighted by atomic mass is 10.00. The summed E-state index contributed by atoms with van der Waals surface area (Å²) in [4.78, 5) is 0. The maximum atomic E-state index is 3.98. The molecule has 1 saturated heterocycles. The zero-order valence-corrected chi connectivity index (χ0v) is 6.78. The second-order valence-corrected chi connectivity index (χ2v) is 2.99. The molecule has 1 aliphatic rings. The average molecular weight is 140 g/mol. The summed E-state index contributed by atoms with van der Waals surface area (Å²) in [6.07, 6.45) is 2.71. The zero-order valence-electron chi connectivity index (χ0n) is 6.78. The number of piperidine rings is 1. The Labute approximate surface area is 62.7 Å². The molecule has 58 valence electrons. The molecule has 1 heterocycles. The lowest BCUT2D eigenvalue weighted by Crippen LogP contribution is -2.49. The van der Waals surface area contributed by atoms with Gasteiger partial charge in [-0.3, -0.25) is 5.32 Å². The van der Waals surface area contributed by atoms with Crippen molar-refractivity contribution in [2.75, 3.05) is 7.05 Å². The molecule has 0 aromatic rings. The standard InChI is InChI=1S/C8H16N2/c1-6-4-5-7(2)10-8(6)9-3/h7-10H,1,4-5H2,2-3H3. The topological polar surface area (TPSA) is 24.1 Å². The van der Waals surface area contributed by atoms with Gasteiger partial charge in [0.05, 0.1) is 6.17 Å². The molecule has 1 fully saturated rings. The van der Waals surface area contributed by atoms with E-state index in [0.29, 0.717) is 12.2 Å². The van der Waals surface area contributed by atoms with Crippen molar-refractivity contribution in [3.63, 3.8) is 0 Å². The highest BCUT2D eigenvalue weighted by molar-refractivity contribution is 5.07. The van der Waals surface area contributed by atoms with Crippen LogP contribution in [0.15, 0.2) is 12.2 Å². The summed E-state index contributed by atoms with van der Waals surface area (Å²) in [6, 6.07) is 0.628. The van der Waals surface area contributed by atoms with Crippen LogP contribution in [0.3, 0.4) is 0 Å².